The molecule has 0 unspecified atom stereocenters. The van der Waals surface area contributed by atoms with Gasteiger partial charge in [0.15, 0.2) is 0 Å². The molecule has 7 nitrogen and oxygen atoms in total. The molecule has 116 valence electrons. The number of aromatic nitrogens is 4. The van der Waals surface area contributed by atoms with Crippen molar-refractivity contribution in [3.8, 4) is 11.4 Å². The summed E-state index contributed by atoms with van der Waals surface area (Å²) in [5.41, 5.74) is 1.63. The fourth-order valence-electron chi connectivity index (χ4n) is 2.88. The van der Waals surface area contributed by atoms with E-state index in [9.17, 15) is 0 Å². The molecule has 4 rings (SSSR count). The molecule has 2 aliphatic rings. The fourth-order valence-corrected chi connectivity index (χ4v) is 2.88. The Kier molecular flexibility index (Phi) is 3.59. The van der Waals surface area contributed by atoms with Gasteiger partial charge in [-0.2, -0.15) is 4.98 Å². The monoisotopic (exact) mass is 301 g/mol. The summed E-state index contributed by atoms with van der Waals surface area (Å²) in [6.45, 7) is 5.52. The van der Waals surface area contributed by atoms with Crippen LogP contribution in [0, 0.1) is 12.8 Å². The van der Waals surface area contributed by atoms with Crippen LogP contribution in [0.1, 0.15) is 30.5 Å². The van der Waals surface area contributed by atoms with Gasteiger partial charge in [0.05, 0.1) is 17.9 Å². The van der Waals surface area contributed by atoms with Crippen molar-refractivity contribution < 1.29 is 9.26 Å². The van der Waals surface area contributed by atoms with E-state index in [1.165, 1.54) is 19.4 Å². The summed E-state index contributed by atoms with van der Waals surface area (Å²) in [6.07, 6.45) is 5.95. The maximum atomic E-state index is 5.95. The first-order valence-corrected chi connectivity index (χ1v) is 7.74. The van der Waals surface area contributed by atoms with Gasteiger partial charge in [-0.15, -0.1) is 0 Å². The predicted octanol–water partition coefficient (Wildman–Crippen LogP) is 1.62. The highest BCUT2D eigenvalue weighted by Gasteiger charge is 2.30. The van der Waals surface area contributed by atoms with Gasteiger partial charge < -0.3 is 9.26 Å². The molecule has 1 atom stereocenters. The van der Waals surface area contributed by atoms with Crippen LogP contribution >= 0.6 is 0 Å². The highest BCUT2D eigenvalue weighted by atomic mass is 16.5. The molecule has 0 spiro atoms. The number of ether oxygens (including phenoxy) is 1. The second kappa shape index (κ2) is 5.73. The van der Waals surface area contributed by atoms with Gasteiger partial charge in [-0.1, -0.05) is 5.16 Å². The molecule has 2 fully saturated rings. The Morgan fingerprint density at radius 3 is 3.05 bits per heavy atom. The fraction of sp³-hybridized carbons (Fsp3) is 0.600. The summed E-state index contributed by atoms with van der Waals surface area (Å²) in [5, 5.41) is 3.98. The van der Waals surface area contributed by atoms with Gasteiger partial charge in [0.25, 0.3) is 0 Å². The molecule has 1 saturated carbocycles. The first kappa shape index (κ1) is 13.8. The summed E-state index contributed by atoms with van der Waals surface area (Å²) in [5.74, 6) is 1.93. The van der Waals surface area contributed by atoms with Gasteiger partial charge in [-0.05, 0) is 18.8 Å². The molecule has 0 aromatic carbocycles. The van der Waals surface area contributed by atoms with Crippen molar-refractivity contribution in [1.29, 1.82) is 0 Å². The maximum Gasteiger partial charge on any atom is 0.223 e. The quantitative estimate of drug-likeness (QED) is 0.849. The van der Waals surface area contributed by atoms with E-state index < -0.39 is 0 Å². The highest BCUT2D eigenvalue weighted by Crippen LogP contribution is 2.33. The molecule has 2 aromatic heterocycles. The van der Waals surface area contributed by atoms with E-state index in [4.69, 9.17) is 9.26 Å². The Bertz CT molecular complexity index is 655. The zero-order valence-corrected chi connectivity index (χ0v) is 12.6. The van der Waals surface area contributed by atoms with Crippen molar-refractivity contribution in [3.63, 3.8) is 0 Å². The van der Waals surface area contributed by atoms with Gasteiger partial charge >= 0.3 is 0 Å². The summed E-state index contributed by atoms with van der Waals surface area (Å²) < 4.78 is 11.0. The molecular weight excluding hydrogens is 282 g/mol. The molecular formula is C15H19N5O2. The molecule has 2 aromatic rings. The van der Waals surface area contributed by atoms with Crippen LogP contribution in [0.4, 0.5) is 0 Å². The molecule has 1 saturated heterocycles. The smallest absolute Gasteiger partial charge is 0.223 e. The van der Waals surface area contributed by atoms with Crippen LogP contribution in [0.5, 0.6) is 0 Å². The van der Waals surface area contributed by atoms with Crippen molar-refractivity contribution in [2.45, 2.75) is 25.9 Å². The molecule has 1 aliphatic carbocycles. The van der Waals surface area contributed by atoms with E-state index in [1.54, 1.807) is 19.4 Å². The van der Waals surface area contributed by atoms with Crippen LogP contribution in [-0.2, 0) is 4.74 Å². The minimum Gasteiger partial charge on any atom is -0.369 e. The minimum atomic E-state index is -0.0655. The van der Waals surface area contributed by atoms with Crippen molar-refractivity contribution in [3.05, 3.63) is 24.1 Å². The molecule has 0 amide bonds. The molecule has 22 heavy (non-hydrogen) atoms. The summed E-state index contributed by atoms with van der Waals surface area (Å²) in [7, 11) is 0. The zero-order chi connectivity index (χ0) is 14.9. The Morgan fingerprint density at radius 2 is 2.27 bits per heavy atom. The van der Waals surface area contributed by atoms with E-state index in [1.807, 2.05) is 0 Å². The maximum absolute atomic E-state index is 5.95. The first-order chi connectivity index (χ1) is 10.8. The molecule has 0 radical (unpaired) electrons. The van der Waals surface area contributed by atoms with Crippen LogP contribution in [0.25, 0.3) is 11.4 Å². The Labute approximate surface area is 128 Å². The van der Waals surface area contributed by atoms with Crippen molar-refractivity contribution >= 4 is 0 Å². The van der Waals surface area contributed by atoms with Crippen molar-refractivity contribution in [1.82, 2.24) is 25.0 Å². The normalized spacial score (nSPS) is 22.9. The van der Waals surface area contributed by atoms with Crippen LogP contribution in [-0.4, -0.2) is 51.2 Å². The first-order valence-electron chi connectivity index (χ1n) is 7.74. The number of hydrogen-bond acceptors (Lipinski definition) is 7. The Morgan fingerprint density at radius 1 is 1.36 bits per heavy atom. The third-order valence-corrected chi connectivity index (χ3v) is 4.18. The molecule has 7 heteroatoms. The van der Waals surface area contributed by atoms with Crippen molar-refractivity contribution in [2.24, 2.45) is 5.92 Å². The lowest BCUT2D eigenvalue weighted by Gasteiger charge is -2.33. The van der Waals surface area contributed by atoms with Crippen LogP contribution in [0.3, 0.4) is 0 Å². The van der Waals surface area contributed by atoms with Crippen LogP contribution in [0.2, 0.25) is 0 Å². The lowest BCUT2D eigenvalue weighted by Crippen LogP contribution is -2.39. The lowest BCUT2D eigenvalue weighted by molar-refractivity contribution is -0.0331. The largest absolute Gasteiger partial charge is 0.369 e. The molecule has 3 heterocycles. The topological polar surface area (TPSA) is 77.2 Å². The molecule has 0 bridgehead atoms. The number of aryl methyl sites for hydroxylation is 1. The third kappa shape index (κ3) is 2.86. The average molecular weight is 301 g/mol. The number of rotatable bonds is 4. The van der Waals surface area contributed by atoms with Gasteiger partial charge in [-0.3, -0.25) is 4.90 Å². The Hall–Kier alpha value is -1.86. The van der Waals surface area contributed by atoms with Gasteiger partial charge in [0.1, 0.15) is 12.4 Å². The lowest BCUT2D eigenvalue weighted by atomic mass is 10.1. The van der Waals surface area contributed by atoms with E-state index >= 15 is 0 Å². The van der Waals surface area contributed by atoms with E-state index in [-0.39, 0.29) is 6.10 Å². The number of hydrogen-bond donors (Lipinski definition) is 0. The van der Waals surface area contributed by atoms with Crippen molar-refractivity contribution in [2.75, 3.05) is 26.2 Å². The molecule has 1 aliphatic heterocycles. The number of morpholine rings is 1. The van der Waals surface area contributed by atoms with Crippen LogP contribution < -0.4 is 0 Å². The standard InChI is InChI=1S/C15H19N5O2/c1-10-18-15(19-22-10)12-6-16-9-17-14(12)13-8-20(4-5-21-13)7-11-2-3-11/h6,9,11,13H,2-5,7-8H2,1H3/t13-/m0/s1. The summed E-state index contributed by atoms with van der Waals surface area (Å²) >= 11 is 0. The second-order valence-electron chi connectivity index (χ2n) is 6.02. The predicted molar refractivity (Wildman–Crippen MR) is 77.9 cm³/mol. The highest BCUT2D eigenvalue weighted by molar-refractivity contribution is 5.56. The van der Waals surface area contributed by atoms with E-state index in [0.717, 1.165) is 36.9 Å². The summed E-state index contributed by atoms with van der Waals surface area (Å²) in [6, 6.07) is 0. The van der Waals surface area contributed by atoms with E-state index in [0.29, 0.717) is 11.7 Å². The second-order valence-corrected chi connectivity index (χ2v) is 6.02. The summed E-state index contributed by atoms with van der Waals surface area (Å²) in [4.78, 5) is 15.3. The number of nitrogens with zero attached hydrogens (tertiary/aromatic N) is 5. The van der Waals surface area contributed by atoms with E-state index in [2.05, 4.69) is 25.0 Å². The third-order valence-electron chi connectivity index (χ3n) is 4.18. The Balaban J connectivity index is 1.58. The SMILES string of the molecule is Cc1nc(-c2cncnc2[C@@H]2CN(CC3CC3)CCO2)no1. The van der Waals surface area contributed by atoms with Gasteiger partial charge in [-0.25, -0.2) is 9.97 Å². The zero-order valence-electron chi connectivity index (χ0n) is 12.6. The van der Waals surface area contributed by atoms with Gasteiger partial charge in [0.2, 0.25) is 11.7 Å². The van der Waals surface area contributed by atoms with Crippen LogP contribution in [0.15, 0.2) is 17.0 Å². The molecule has 0 N–H and O–H groups in total. The minimum absolute atomic E-state index is 0.0655. The van der Waals surface area contributed by atoms with Gasteiger partial charge in [0, 0.05) is 32.8 Å². The average Bonchev–Trinajstić information content (AvgIpc) is 3.25.